The summed E-state index contributed by atoms with van der Waals surface area (Å²) < 4.78 is 5.42. The number of carbonyl (C=O) groups excluding carboxylic acids is 1. The van der Waals surface area contributed by atoms with Crippen molar-refractivity contribution in [3.63, 3.8) is 0 Å². The van der Waals surface area contributed by atoms with Gasteiger partial charge < -0.3 is 19.9 Å². The Morgan fingerprint density at radius 1 is 1.00 bits per heavy atom. The Balaban J connectivity index is 1.57. The quantitative estimate of drug-likeness (QED) is 0.799. The molecule has 2 aromatic rings. The summed E-state index contributed by atoms with van der Waals surface area (Å²) in [5.74, 6) is 0. The summed E-state index contributed by atoms with van der Waals surface area (Å²) in [4.78, 5) is 16.3. The molecule has 0 radical (unpaired) electrons. The van der Waals surface area contributed by atoms with E-state index in [0.717, 1.165) is 57.1 Å². The molecule has 26 heavy (non-hydrogen) atoms. The second kappa shape index (κ2) is 9.94. The average Bonchev–Trinajstić information content (AvgIpc) is 2.69. The van der Waals surface area contributed by atoms with Gasteiger partial charge in [-0.25, -0.2) is 4.79 Å². The summed E-state index contributed by atoms with van der Waals surface area (Å²) >= 11 is 0. The zero-order valence-corrected chi connectivity index (χ0v) is 15.2. The second-order valence-corrected chi connectivity index (χ2v) is 6.67. The van der Waals surface area contributed by atoms with Crippen molar-refractivity contribution in [2.75, 3.05) is 44.7 Å². The van der Waals surface area contributed by atoms with Crippen LogP contribution in [0.25, 0.3) is 0 Å². The van der Waals surface area contributed by atoms with Crippen LogP contribution in [-0.4, -0.2) is 50.3 Å². The number of urea groups is 1. The normalized spacial score (nSPS) is 14.8. The Hall–Kier alpha value is -2.37. The lowest BCUT2D eigenvalue weighted by molar-refractivity contribution is -0.908. The molecule has 0 aromatic heterocycles. The van der Waals surface area contributed by atoms with Gasteiger partial charge >= 0.3 is 6.03 Å². The molecule has 138 valence electrons. The summed E-state index contributed by atoms with van der Waals surface area (Å²) in [6.45, 7) is 6.27. The molecule has 1 fully saturated rings. The van der Waals surface area contributed by atoms with Crippen LogP contribution in [0.5, 0.6) is 0 Å². The number of para-hydroxylation sites is 1. The molecule has 1 aliphatic rings. The van der Waals surface area contributed by atoms with Crippen LogP contribution < -0.4 is 10.2 Å². The number of ether oxygens (including phenoxy) is 1. The van der Waals surface area contributed by atoms with Gasteiger partial charge in [0, 0.05) is 25.2 Å². The van der Waals surface area contributed by atoms with E-state index in [1.165, 1.54) is 0 Å². The molecule has 0 unspecified atom stereocenters. The fourth-order valence-electron chi connectivity index (χ4n) is 3.21. The van der Waals surface area contributed by atoms with Crippen molar-refractivity contribution in [2.24, 2.45) is 0 Å². The first-order chi connectivity index (χ1) is 12.8. The number of hydrogen-bond donors (Lipinski definition) is 2. The van der Waals surface area contributed by atoms with Crippen molar-refractivity contribution in [2.45, 2.75) is 13.0 Å². The number of hydrogen-bond acceptors (Lipinski definition) is 2. The maximum absolute atomic E-state index is 12.8. The summed E-state index contributed by atoms with van der Waals surface area (Å²) in [5.41, 5.74) is 1.98. The van der Waals surface area contributed by atoms with Crippen LogP contribution in [0.3, 0.4) is 0 Å². The maximum Gasteiger partial charge on any atom is 0.322 e. The first kappa shape index (κ1) is 18.4. The molecular formula is C21H28N3O2+. The molecule has 1 saturated heterocycles. The summed E-state index contributed by atoms with van der Waals surface area (Å²) in [6.07, 6.45) is 0.990. The van der Waals surface area contributed by atoms with Gasteiger partial charge in [-0.3, -0.25) is 0 Å². The molecule has 3 rings (SSSR count). The lowest BCUT2D eigenvalue weighted by atomic mass is 10.2. The van der Waals surface area contributed by atoms with Crippen molar-refractivity contribution in [3.8, 4) is 0 Å². The Labute approximate surface area is 155 Å². The van der Waals surface area contributed by atoms with Crippen LogP contribution in [0.2, 0.25) is 0 Å². The van der Waals surface area contributed by atoms with E-state index >= 15 is 0 Å². The van der Waals surface area contributed by atoms with Crippen LogP contribution in [0.15, 0.2) is 60.7 Å². The van der Waals surface area contributed by atoms with E-state index in [-0.39, 0.29) is 6.03 Å². The zero-order chi connectivity index (χ0) is 18.0. The molecule has 0 aliphatic carbocycles. The topological polar surface area (TPSA) is 46.0 Å². The molecule has 0 spiro atoms. The van der Waals surface area contributed by atoms with E-state index in [0.29, 0.717) is 6.54 Å². The minimum atomic E-state index is -0.0444. The monoisotopic (exact) mass is 354 g/mol. The first-order valence-corrected chi connectivity index (χ1v) is 9.37. The molecule has 2 N–H and O–H groups in total. The summed E-state index contributed by atoms with van der Waals surface area (Å²) in [5, 5.41) is 3.01. The Bertz CT molecular complexity index is 657. The number of amides is 2. The zero-order valence-electron chi connectivity index (χ0n) is 15.2. The molecule has 5 nitrogen and oxygen atoms in total. The minimum absolute atomic E-state index is 0.0444. The fourth-order valence-corrected chi connectivity index (χ4v) is 3.21. The smallest absolute Gasteiger partial charge is 0.322 e. The van der Waals surface area contributed by atoms with E-state index in [2.05, 4.69) is 17.4 Å². The molecule has 2 aromatic carbocycles. The second-order valence-electron chi connectivity index (χ2n) is 6.67. The van der Waals surface area contributed by atoms with E-state index in [1.54, 1.807) is 4.90 Å². The third-order valence-electron chi connectivity index (χ3n) is 4.69. The van der Waals surface area contributed by atoms with Gasteiger partial charge in [-0.15, -0.1) is 0 Å². The highest BCUT2D eigenvalue weighted by atomic mass is 16.5. The predicted octanol–water partition coefficient (Wildman–Crippen LogP) is 2.03. The third-order valence-corrected chi connectivity index (χ3v) is 4.69. The van der Waals surface area contributed by atoms with Gasteiger partial charge in [0.15, 0.2) is 0 Å². The highest BCUT2D eigenvalue weighted by Gasteiger charge is 2.17. The number of anilines is 1. The van der Waals surface area contributed by atoms with Crippen molar-refractivity contribution in [3.05, 3.63) is 66.2 Å². The predicted molar refractivity (Wildman–Crippen MR) is 103 cm³/mol. The van der Waals surface area contributed by atoms with E-state index in [1.807, 2.05) is 53.4 Å². The molecule has 0 bridgehead atoms. The van der Waals surface area contributed by atoms with Crippen molar-refractivity contribution in [1.82, 2.24) is 4.90 Å². The summed E-state index contributed by atoms with van der Waals surface area (Å²) in [7, 11) is 0. The van der Waals surface area contributed by atoms with E-state index < -0.39 is 0 Å². The number of nitrogens with zero attached hydrogens (tertiary/aromatic N) is 1. The minimum Gasteiger partial charge on any atom is -0.370 e. The number of nitrogens with one attached hydrogen (secondary N) is 2. The van der Waals surface area contributed by atoms with Gasteiger partial charge in [-0.05, 0) is 17.7 Å². The van der Waals surface area contributed by atoms with E-state index in [4.69, 9.17) is 4.74 Å². The molecule has 1 heterocycles. The van der Waals surface area contributed by atoms with E-state index in [9.17, 15) is 4.79 Å². The number of rotatable bonds is 7. The van der Waals surface area contributed by atoms with Gasteiger partial charge in [0.05, 0.1) is 19.8 Å². The van der Waals surface area contributed by atoms with Gasteiger partial charge in [-0.2, -0.15) is 0 Å². The molecular weight excluding hydrogens is 326 g/mol. The van der Waals surface area contributed by atoms with Crippen LogP contribution in [-0.2, 0) is 11.3 Å². The summed E-state index contributed by atoms with van der Waals surface area (Å²) in [6, 6.07) is 19.7. The third kappa shape index (κ3) is 5.86. The molecule has 0 atom stereocenters. The maximum atomic E-state index is 12.8. The number of morpholine rings is 1. The molecule has 1 aliphatic heterocycles. The average molecular weight is 354 g/mol. The number of benzene rings is 2. The van der Waals surface area contributed by atoms with Crippen LogP contribution in [0, 0.1) is 0 Å². The number of quaternary nitrogens is 1. The Morgan fingerprint density at radius 3 is 2.35 bits per heavy atom. The van der Waals surface area contributed by atoms with Crippen molar-refractivity contribution in [1.29, 1.82) is 0 Å². The first-order valence-electron chi connectivity index (χ1n) is 9.37. The van der Waals surface area contributed by atoms with Gasteiger partial charge in [-0.1, -0.05) is 48.5 Å². The van der Waals surface area contributed by atoms with Gasteiger partial charge in [0.2, 0.25) is 0 Å². The molecule has 0 saturated carbocycles. The lowest BCUT2D eigenvalue weighted by Crippen LogP contribution is -3.14. The van der Waals surface area contributed by atoms with Crippen LogP contribution >= 0.6 is 0 Å². The van der Waals surface area contributed by atoms with Gasteiger partial charge in [0.25, 0.3) is 0 Å². The highest BCUT2D eigenvalue weighted by molar-refractivity contribution is 5.89. The molecule has 5 heteroatoms. The number of carbonyl (C=O) groups is 1. The lowest BCUT2D eigenvalue weighted by Gasteiger charge is -2.26. The van der Waals surface area contributed by atoms with Gasteiger partial charge in [0.1, 0.15) is 13.1 Å². The Kier molecular flexibility index (Phi) is 7.05. The largest absolute Gasteiger partial charge is 0.370 e. The van der Waals surface area contributed by atoms with Crippen LogP contribution in [0.1, 0.15) is 12.0 Å². The van der Waals surface area contributed by atoms with Crippen molar-refractivity contribution >= 4 is 11.7 Å². The highest BCUT2D eigenvalue weighted by Crippen LogP contribution is 2.10. The van der Waals surface area contributed by atoms with Crippen molar-refractivity contribution < 1.29 is 14.4 Å². The van der Waals surface area contributed by atoms with Crippen LogP contribution in [0.4, 0.5) is 10.5 Å². The standard InChI is InChI=1S/C21H27N3O2/c25-21(22-20-10-5-2-6-11-20)24(18-19-8-3-1-4-9-19)13-7-12-23-14-16-26-17-15-23/h1-6,8-11H,7,12-18H2,(H,22,25)/p+1. The molecule has 2 amide bonds. The fraction of sp³-hybridized carbons (Fsp3) is 0.381. The Morgan fingerprint density at radius 2 is 1.65 bits per heavy atom. The SMILES string of the molecule is O=C(Nc1ccccc1)N(CCC[NH+]1CCOCC1)Cc1ccccc1.